The van der Waals surface area contributed by atoms with Crippen molar-refractivity contribution in [3.8, 4) is 11.8 Å². The van der Waals surface area contributed by atoms with Gasteiger partial charge in [0.05, 0.1) is 18.6 Å². The number of aryl methyl sites for hydroxylation is 1. The lowest BCUT2D eigenvalue weighted by Crippen LogP contribution is -2.08. The molecular formula is C12H15NO. The molecule has 0 aromatic heterocycles. The predicted molar refractivity (Wildman–Crippen MR) is 56.3 cm³/mol. The van der Waals surface area contributed by atoms with Crippen LogP contribution in [0.15, 0.2) is 18.2 Å². The average Bonchev–Trinajstić information content (AvgIpc) is 2.10. The minimum Gasteiger partial charge on any atom is -0.491 e. The Hall–Kier alpha value is -1.49. The lowest BCUT2D eigenvalue weighted by molar-refractivity contribution is 0.240. The predicted octanol–water partition coefficient (Wildman–Crippen LogP) is 2.85. The van der Waals surface area contributed by atoms with E-state index in [4.69, 9.17) is 10.00 Å². The lowest BCUT2D eigenvalue weighted by atomic mass is 10.1. The third-order valence-corrected chi connectivity index (χ3v) is 1.99. The van der Waals surface area contributed by atoms with E-state index in [1.807, 2.05) is 39.0 Å². The van der Waals surface area contributed by atoms with E-state index >= 15 is 0 Å². The van der Waals surface area contributed by atoms with Crippen molar-refractivity contribution in [2.24, 2.45) is 0 Å². The molecule has 1 rings (SSSR count). The van der Waals surface area contributed by atoms with Gasteiger partial charge in [-0.15, -0.1) is 0 Å². The number of hydrogen-bond donors (Lipinski definition) is 0. The third kappa shape index (κ3) is 2.50. The van der Waals surface area contributed by atoms with Crippen molar-refractivity contribution >= 4 is 0 Å². The van der Waals surface area contributed by atoms with Gasteiger partial charge in [-0.25, -0.2) is 0 Å². The van der Waals surface area contributed by atoms with Gasteiger partial charge in [0, 0.05) is 5.56 Å². The zero-order valence-electron chi connectivity index (χ0n) is 8.87. The number of nitrogens with zero attached hydrogens (tertiary/aromatic N) is 1. The zero-order chi connectivity index (χ0) is 10.6. The summed E-state index contributed by atoms with van der Waals surface area (Å²) in [5.74, 6) is 0.835. The topological polar surface area (TPSA) is 33.0 Å². The highest BCUT2D eigenvalue weighted by molar-refractivity contribution is 5.41. The highest BCUT2D eigenvalue weighted by Gasteiger charge is 2.07. The molecule has 1 aromatic carbocycles. The van der Waals surface area contributed by atoms with Crippen LogP contribution in [0.3, 0.4) is 0 Å². The van der Waals surface area contributed by atoms with Crippen LogP contribution in [0.4, 0.5) is 0 Å². The molecule has 0 radical (unpaired) electrons. The Morgan fingerprint density at radius 3 is 2.71 bits per heavy atom. The standard InChI is InChI=1S/C12H15NO/c1-9(2)14-12-6-4-5-10(3)11(12)7-8-13/h4-6,9H,7H2,1-3H3. The normalized spacial score (nSPS) is 9.93. The summed E-state index contributed by atoms with van der Waals surface area (Å²) in [6, 6.07) is 8.03. The second kappa shape index (κ2) is 4.66. The minimum absolute atomic E-state index is 0.147. The first-order valence-electron chi connectivity index (χ1n) is 4.77. The van der Waals surface area contributed by atoms with Gasteiger partial charge in [-0.2, -0.15) is 5.26 Å². The smallest absolute Gasteiger partial charge is 0.124 e. The molecule has 1 aromatic rings. The van der Waals surface area contributed by atoms with E-state index in [9.17, 15) is 0 Å². The molecule has 14 heavy (non-hydrogen) atoms. The number of benzene rings is 1. The van der Waals surface area contributed by atoms with Crippen molar-refractivity contribution in [3.05, 3.63) is 29.3 Å². The Morgan fingerprint density at radius 1 is 1.43 bits per heavy atom. The Labute approximate surface area is 85.1 Å². The summed E-state index contributed by atoms with van der Waals surface area (Å²) in [5.41, 5.74) is 2.12. The van der Waals surface area contributed by atoms with Gasteiger partial charge in [0.15, 0.2) is 0 Å². The highest BCUT2D eigenvalue weighted by atomic mass is 16.5. The monoisotopic (exact) mass is 189 g/mol. The Kier molecular flexibility index (Phi) is 3.53. The molecule has 0 fully saturated rings. The van der Waals surface area contributed by atoms with Crippen molar-refractivity contribution in [1.82, 2.24) is 0 Å². The largest absolute Gasteiger partial charge is 0.491 e. The maximum Gasteiger partial charge on any atom is 0.124 e. The maximum atomic E-state index is 8.70. The van der Waals surface area contributed by atoms with E-state index in [2.05, 4.69) is 6.07 Å². The molecule has 0 bridgehead atoms. The first kappa shape index (κ1) is 10.6. The number of nitriles is 1. The van der Waals surface area contributed by atoms with Gasteiger partial charge in [-0.1, -0.05) is 12.1 Å². The first-order valence-corrected chi connectivity index (χ1v) is 4.77. The van der Waals surface area contributed by atoms with Crippen LogP contribution >= 0.6 is 0 Å². The van der Waals surface area contributed by atoms with Gasteiger partial charge in [-0.05, 0) is 32.4 Å². The molecular weight excluding hydrogens is 174 g/mol. The second-order valence-corrected chi connectivity index (χ2v) is 3.55. The van der Waals surface area contributed by atoms with E-state index in [0.29, 0.717) is 6.42 Å². The first-order chi connectivity index (χ1) is 6.65. The van der Waals surface area contributed by atoms with Gasteiger partial charge in [0.1, 0.15) is 5.75 Å². The molecule has 0 heterocycles. The van der Waals surface area contributed by atoms with E-state index < -0.39 is 0 Å². The fourth-order valence-electron chi connectivity index (χ4n) is 1.35. The summed E-state index contributed by atoms with van der Waals surface area (Å²) in [4.78, 5) is 0. The second-order valence-electron chi connectivity index (χ2n) is 3.55. The van der Waals surface area contributed by atoms with Crippen molar-refractivity contribution in [2.75, 3.05) is 0 Å². The van der Waals surface area contributed by atoms with Crippen LogP contribution in [-0.4, -0.2) is 6.10 Å². The van der Waals surface area contributed by atoms with E-state index in [1.54, 1.807) is 0 Å². The van der Waals surface area contributed by atoms with Crippen LogP contribution in [0.2, 0.25) is 0 Å². The quantitative estimate of drug-likeness (QED) is 0.732. The molecule has 0 spiro atoms. The molecule has 2 nitrogen and oxygen atoms in total. The molecule has 0 aliphatic heterocycles. The average molecular weight is 189 g/mol. The molecule has 0 aliphatic carbocycles. The van der Waals surface area contributed by atoms with Crippen LogP contribution in [0.25, 0.3) is 0 Å². The van der Waals surface area contributed by atoms with Crippen molar-refractivity contribution in [3.63, 3.8) is 0 Å². The van der Waals surface area contributed by atoms with Crippen LogP contribution in [0.1, 0.15) is 25.0 Å². The number of rotatable bonds is 3. The van der Waals surface area contributed by atoms with Crippen LogP contribution < -0.4 is 4.74 Å². The van der Waals surface area contributed by atoms with Crippen molar-refractivity contribution in [2.45, 2.75) is 33.3 Å². The Balaban J connectivity index is 3.02. The van der Waals surface area contributed by atoms with Gasteiger partial charge < -0.3 is 4.74 Å². The van der Waals surface area contributed by atoms with Gasteiger partial charge in [0.25, 0.3) is 0 Å². The van der Waals surface area contributed by atoms with Crippen LogP contribution in [-0.2, 0) is 6.42 Å². The molecule has 0 amide bonds. The van der Waals surface area contributed by atoms with Crippen molar-refractivity contribution < 1.29 is 4.74 Å². The molecule has 0 saturated carbocycles. The Morgan fingerprint density at radius 2 is 2.14 bits per heavy atom. The third-order valence-electron chi connectivity index (χ3n) is 1.99. The summed E-state index contributed by atoms with van der Waals surface area (Å²) in [6.45, 7) is 5.97. The zero-order valence-corrected chi connectivity index (χ0v) is 8.87. The summed E-state index contributed by atoms with van der Waals surface area (Å²) in [5, 5.41) is 8.70. The molecule has 2 heteroatoms. The number of hydrogen-bond acceptors (Lipinski definition) is 2. The van der Waals surface area contributed by atoms with E-state index in [0.717, 1.165) is 16.9 Å². The molecule has 74 valence electrons. The molecule has 0 saturated heterocycles. The van der Waals surface area contributed by atoms with Gasteiger partial charge in [0.2, 0.25) is 0 Å². The van der Waals surface area contributed by atoms with E-state index in [-0.39, 0.29) is 6.10 Å². The van der Waals surface area contributed by atoms with Crippen molar-refractivity contribution in [1.29, 1.82) is 5.26 Å². The van der Waals surface area contributed by atoms with Crippen LogP contribution in [0, 0.1) is 18.3 Å². The SMILES string of the molecule is Cc1cccc(OC(C)C)c1CC#N. The summed E-state index contributed by atoms with van der Waals surface area (Å²) >= 11 is 0. The molecule has 0 N–H and O–H groups in total. The van der Waals surface area contributed by atoms with Crippen LogP contribution in [0.5, 0.6) is 5.75 Å². The molecule has 0 atom stereocenters. The summed E-state index contributed by atoms with van der Waals surface area (Å²) in [6.07, 6.45) is 0.559. The van der Waals surface area contributed by atoms with E-state index in [1.165, 1.54) is 0 Å². The summed E-state index contributed by atoms with van der Waals surface area (Å²) in [7, 11) is 0. The fourth-order valence-corrected chi connectivity index (χ4v) is 1.35. The fraction of sp³-hybridized carbons (Fsp3) is 0.417. The number of ether oxygens (including phenoxy) is 1. The van der Waals surface area contributed by atoms with Gasteiger partial charge in [-0.3, -0.25) is 0 Å². The Bertz CT molecular complexity index is 350. The van der Waals surface area contributed by atoms with Gasteiger partial charge >= 0.3 is 0 Å². The summed E-state index contributed by atoms with van der Waals surface area (Å²) < 4.78 is 5.63. The minimum atomic E-state index is 0.147. The molecule has 0 unspecified atom stereocenters. The lowest BCUT2D eigenvalue weighted by Gasteiger charge is -2.14. The maximum absolute atomic E-state index is 8.70. The highest BCUT2D eigenvalue weighted by Crippen LogP contribution is 2.23. The molecule has 0 aliphatic rings.